The molecule has 0 aliphatic rings. The molecular formula is C16H23N3O2. The number of methoxy groups -OCH3 is 1. The van der Waals surface area contributed by atoms with Crippen LogP contribution in [0.3, 0.4) is 0 Å². The third-order valence-corrected chi connectivity index (χ3v) is 3.23. The van der Waals surface area contributed by atoms with E-state index in [1.807, 2.05) is 24.3 Å². The first-order valence-electron chi connectivity index (χ1n) is 7.31. The Kier molecular flexibility index (Phi) is 5.33. The smallest absolute Gasteiger partial charge is 0.247 e. The van der Waals surface area contributed by atoms with Gasteiger partial charge in [-0.1, -0.05) is 20.8 Å². The van der Waals surface area contributed by atoms with Gasteiger partial charge in [0.05, 0.1) is 13.7 Å². The third kappa shape index (κ3) is 4.29. The molecule has 0 radical (unpaired) electrons. The van der Waals surface area contributed by atoms with Crippen molar-refractivity contribution in [2.75, 3.05) is 20.2 Å². The minimum absolute atomic E-state index is 0.549. The van der Waals surface area contributed by atoms with Gasteiger partial charge in [0.25, 0.3) is 0 Å². The van der Waals surface area contributed by atoms with Gasteiger partial charge in [0.2, 0.25) is 11.8 Å². The number of benzene rings is 1. The van der Waals surface area contributed by atoms with E-state index in [0.717, 1.165) is 24.4 Å². The van der Waals surface area contributed by atoms with Crippen LogP contribution in [0.5, 0.6) is 5.75 Å². The summed E-state index contributed by atoms with van der Waals surface area (Å²) < 4.78 is 10.9. The highest BCUT2D eigenvalue weighted by Gasteiger charge is 2.13. The summed E-state index contributed by atoms with van der Waals surface area (Å²) in [5.74, 6) is 2.64. The van der Waals surface area contributed by atoms with Gasteiger partial charge in [0, 0.05) is 12.1 Å². The van der Waals surface area contributed by atoms with Crippen LogP contribution < -0.4 is 4.74 Å². The molecule has 0 saturated carbocycles. The molecule has 0 atom stereocenters. The first-order valence-corrected chi connectivity index (χ1v) is 7.31. The molecule has 1 aromatic carbocycles. The van der Waals surface area contributed by atoms with Crippen molar-refractivity contribution < 1.29 is 9.15 Å². The minimum Gasteiger partial charge on any atom is -0.497 e. The predicted octanol–water partition coefficient (Wildman–Crippen LogP) is 3.22. The Hall–Kier alpha value is -1.88. The maximum atomic E-state index is 5.75. The van der Waals surface area contributed by atoms with Crippen molar-refractivity contribution in [3.63, 3.8) is 0 Å². The van der Waals surface area contributed by atoms with E-state index in [9.17, 15) is 0 Å². The SMILES string of the molecule is CCN(Cc1nnc(-c2ccc(OC)cc2)o1)CC(C)C. The van der Waals surface area contributed by atoms with Crippen LogP contribution >= 0.6 is 0 Å². The molecule has 2 rings (SSSR count). The van der Waals surface area contributed by atoms with Crippen LogP contribution in [-0.4, -0.2) is 35.3 Å². The molecule has 0 fully saturated rings. The molecule has 0 spiro atoms. The van der Waals surface area contributed by atoms with E-state index >= 15 is 0 Å². The molecule has 0 N–H and O–H groups in total. The second-order valence-electron chi connectivity index (χ2n) is 5.45. The summed E-state index contributed by atoms with van der Waals surface area (Å²) in [6, 6.07) is 7.61. The van der Waals surface area contributed by atoms with E-state index in [1.165, 1.54) is 0 Å². The van der Waals surface area contributed by atoms with Crippen LogP contribution in [0, 0.1) is 5.92 Å². The topological polar surface area (TPSA) is 51.4 Å². The minimum atomic E-state index is 0.549. The standard InChI is InChI=1S/C16H23N3O2/c1-5-19(10-12(2)3)11-15-17-18-16(21-15)13-6-8-14(20-4)9-7-13/h6-9,12H,5,10-11H2,1-4H3. The van der Waals surface area contributed by atoms with Crippen LogP contribution in [0.4, 0.5) is 0 Å². The van der Waals surface area contributed by atoms with E-state index in [4.69, 9.17) is 9.15 Å². The molecule has 5 heteroatoms. The highest BCUT2D eigenvalue weighted by atomic mass is 16.5. The molecule has 0 amide bonds. The molecule has 1 heterocycles. The summed E-state index contributed by atoms with van der Waals surface area (Å²) >= 11 is 0. The van der Waals surface area contributed by atoms with Gasteiger partial charge in [-0.3, -0.25) is 4.90 Å². The van der Waals surface area contributed by atoms with E-state index in [1.54, 1.807) is 7.11 Å². The van der Waals surface area contributed by atoms with Crippen molar-refractivity contribution in [1.82, 2.24) is 15.1 Å². The maximum absolute atomic E-state index is 5.75. The van der Waals surface area contributed by atoms with Gasteiger partial charge in [-0.05, 0) is 36.7 Å². The first-order chi connectivity index (χ1) is 10.1. The van der Waals surface area contributed by atoms with Crippen molar-refractivity contribution in [3.05, 3.63) is 30.2 Å². The lowest BCUT2D eigenvalue weighted by Gasteiger charge is -2.20. The lowest BCUT2D eigenvalue weighted by Crippen LogP contribution is -2.27. The Bertz CT molecular complexity index is 549. The van der Waals surface area contributed by atoms with Crippen molar-refractivity contribution in [2.45, 2.75) is 27.3 Å². The fraction of sp³-hybridized carbons (Fsp3) is 0.500. The average molecular weight is 289 g/mol. The molecule has 0 saturated heterocycles. The van der Waals surface area contributed by atoms with Gasteiger partial charge in [-0.15, -0.1) is 10.2 Å². The predicted molar refractivity (Wildman–Crippen MR) is 82.1 cm³/mol. The highest BCUT2D eigenvalue weighted by molar-refractivity contribution is 5.53. The number of hydrogen-bond donors (Lipinski definition) is 0. The normalized spacial score (nSPS) is 11.3. The Morgan fingerprint density at radius 3 is 2.48 bits per heavy atom. The molecule has 5 nitrogen and oxygen atoms in total. The highest BCUT2D eigenvalue weighted by Crippen LogP contribution is 2.21. The Morgan fingerprint density at radius 1 is 1.19 bits per heavy atom. The Morgan fingerprint density at radius 2 is 1.90 bits per heavy atom. The second kappa shape index (κ2) is 7.22. The summed E-state index contributed by atoms with van der Waals surface area (Å²) in [7, 11) is 1.65. The van der Waals surface area contributed by atoms with Crippen LogP contribution in [0.1, 0.15) is 26.7 Å². The zero-order valence-electron chi connectivity index (χ0n) is 13.2. The number of ether oxygens (including phenoxy) is 1. The molecule has 1 aromatic heterocycles. The quantitative estimate of drug-likeness (QED) is 0.783. The van der Waals surface area contributed by atoms with E-state index < -0.39 is 0 Å². The maximum Gasteiger partial charge on any atom is 0.247 e. The largest absolute Gasteiger partial charge is 0.497 e. The lowest BCUT2D eigenvalue weighted by molar-refractivity contribution is 0.226. The van der Waals surface area contributed by atoms with Gasteiger partial charge in [-0.2, -0.15) is 0 Å². The summed E-state index contributed by atoms with van der Waals surface area (Å²) in [6.07, 6.45) is 0. The molecule has 21 heavy (non-hydrogen) atoms. The van der Waals surface area contributed by atoms with Gasteiger partial charge in [0.15, 0.2) is 0 Å². The van der Waals surface area contributed by atoms with Crippen molar-refractivity contribution in [1.29, 1.82) is 0 Å². The van der Waals surface area contributed by atoms with Crippen LogP contribution in [0.25, 0.3) is 11.5 Å². The zero-order valence-corrected chi connectivity index (χ0v) is 13.2. The number of nitrogens with zero attached hydrogens (tertiary/aromatic N) is 3. The summed E-state index contributed by atoms with van der Waals surface area (Å²) in [5.41, 5.74) is 0.904. The fourth-order valence-electron chi connectivity index (χ4n) is 2.18. The first kappa shape index (κ1) is 15.5. The van der Waals surface area contributed by atoms with Crippen LogP contribution in [0.2, 0.25) is 0 Å². The van der Waals surface area contributed by atoms with E-state index in [-0.39, 0.29) is 0 Å². The van der Waals surface area contributed by atoms with Crippen molar-refractivity contribution >= 4 is 0 Å². The number of hydrogen-bond acceptors (Lipinski definition) is 5. The van der Waals surface area contributed by atoms with Crippen molar-refractivity contribution in [2.24, 2.45) is 5.92 Å². The Labute approximate surface area is 125 Å². The molecule has 0 unspecified atom stereocenters. The average Bonchev–Trinajstić information content (AvgIpc) is 2.94. The molecular weight excluding hydrogens is 266 g/mol. The monoisotopic (exact) mass is 289 g/mol. The van der Waals surface area contributed by atoms with Crippen molar-refractivity contribution in [3.8, 4) is 17.2 Å². The molecule has 0 aliphatic heterocycles. The zero-order chi connectivity index (χ0) is 15.2. The van der Waals surface area contributed by atoms with Gasteiger partial charge >= 0.3 is 0 Å². The summed E-state index contributed by atoms with van der Waals surface area (Å²) in [6.45, 7) is 9.24. The second-order valence-corrected chi connectivity index (χ2v) is 5.45. The number of aromatic nitrogens is 2. The van der Waals surface area contributed by atoms with Crippen LogP contribution in [-0.2, 0) is 6.54 Å². The van der Waals surface area contributed by atoms with E-state index in [0.29, 0.717) is 24.2 Å². The fourth-order valence-corrected chi connectivity index (χ4v) is 2.18. The van der Waals surface area contributed by atoms with Gasteiger partial charge < -0.3 is 9.15 Å². The van der Waals surface area contributed by atoms with Gasteiger partial charge in [-0.25, -0.2) is 0 Å². The van der Waals surface area contributed by atoms with E-state index in [2.05, 4.69) is 35.9 Å². The summed E-state index contributed by atoms with van der Waals surface area (Å²) in [4.78, 5) is 2.30. The summed E-state index contributed by atoms with van der Waals surface area (Å²) in [5, 5.41) is 8.26. The molecule has 0 bridgehead atoms. The molecule has 2 aromatic rings. The molecule has 114 valence electrons. The lowest BCUT2D eigenvalue weighted by atomic mass is 10.2. The third-order valence-electron chi connectivity index (χ3n) is 3.23. The number of rotatable bonds is 7. The Balaban J connectivity index is 2.06. The molecule has 0 aliphatic carbocycles. The van der Waals surface area contributed by atoms with Gasteiger partial charge in [0.1, 0.15) is 5.75 Å². The van der Waals surface area contributed by atoms with Crippen LogP contribution in [0.15, 0.2) is 28.7 Å².